The monoisotopic (exact) mass is 429 g/mol. The number of rotatable bonds is 7. The summed E-state index contributed by atoms with van der Waals surface area (Å²) >= 11 is 0. The van der Waals surface area contributed by atoms with E-state index in [1.807, 2.05) is 6.07 Å². The third-order valence-electron chi connectivity index (χ3n) is 6.39. The third kappa shape index (κ3) is 4.83. The van der Waals surface area contributed by atoms with Crippen molar-refractivity contribution in [2.24, 2.45) is 0 Å². The normalized spacial score (nSPS) is 16.7. The number of aromatic nitrogens is 2. The number of nitrogens with zero attached hydrogens (tertiary/aromatic N) is 3. The Labute approximate surface area is 190 Å². The van der Waals surface area contributed by atoms with Crippen LogP contribution in [0.2, 0.25) is 0 Å². The van der Waals surface area contributed by atoms with Gasteiger partial charge in [0.05, 0.1) is 18.5 Å². The minimum Gasteiger partial charge on any atom is -0.466 e. The van der Waals surface area contributed by atoms with Crippen molar-refractivity contribution in [3.05, 3.63) is 88.8 Å². The summed E-state index contributed by atoms with van der Waals surface area (Å²) in [6.07, 6.45) is 6.64. The topological polar surface area (TPSA) is 47.4 Å². The number of likely N-dealkylation sites (tertiary alicyclic amines) is 1. The summed E-state index contributed by atoms with van der Waals surface area (Å²) in [5, 5.41) is 4.81. The Morgan fingerprint density at radius 1 is 1.12 bits per heavy atom. The second-order valence-electron chi connectivity index (χ2n) is 8.36. The van der Waals surface area contributed by atoms with Crippen molar-refractivity contribution in [3.8, 4) is 5.69 Å². The highest BCUT2D eigenvalue weighted by atomic mass is 16.5. The summed E-state index contributed by atoms with van der Waals surface area (Å²) in [5.41, 5.74) is 7.15. The van der Waals surface area contributed by atoms with Crippen LogP contribution >= 0.6 is 0 Å². The van der Waals surface area contributed by atoms with Gasteiger partial charge in [-0.1, -0.05) is 42.5 Å². The molecule has 4 rings (SSSR count). The average molecular weight is 430 g/mol. The molecule has 0 spiro atoms. The Morgan fingerprint density at radius 3 is 2.59 bits per heavy atom. The molecule has 1 aromatic heterocycles. The molecule has 1 atom stereocenters. The van der Waals surface area contributed by atoms with Crippen LogP contribution in [0, 0.1) is 13.8 Å². The van der Waals surface area contributed by atoms with Gasteiger partial charge in [0, 0.05) is 24.4 Å². The fourth-order valence-electron chi connectivity index (χ4n) is 4.65. The van der Waals surface area contributed by atoms with E-state index in [9.17, 15) is 4.79 Å². The molecule has 2 heterocycles. The first-order chi connectivity index (χ1) is 15.6. The van der Waals surface area contributed by atoms with Gasteiger partial charge in [-0.25, -0.2) is 9.48 Å². The van der Waals surface area contributed by atoms with Crippen LogP contribution in [-0.2, 0) is 16.0 Å². The molecule has 0 bridgehead atoms. The van der Waals surface area contributed by atoms with E-state index in [1.54, 1.807) is 6.08 Å². The Hall–Kier alpha value is -3.18. The Kier molecular flexibility index (Phi) is 6.86. The van der Waals surface area contributed by atoms with E-state index in [4.69, 9.17) is 5.10 Å². The number of ether oxygens (including phenoxy) is 1. The Bertz CT molecular complexity index is 1080. The van der Waals surface area contributed by atoms with Crippen LogP contribution in [0.5, 0.6) is 0 Å². The molecule has 0 aliphatic carbocycles. The fourth-order valence-corrected chi connectivity index (χ4v) is 4.65. The van der Waals surface area contributed by atoms with Crippen LogP contribution in [0.1, 0.15) is 47.0 Å². The molecule has 166 valence electrons. The summed E-state index contributed by atoms with van der Waals surface area (Å²) in [4.78, 5) is 13.9. The van der Waals surface area contributed by atoms with Gasteiger partial charge in [-0.2, -0.15) is 5.10 Å². The van der Waals surface area contributed by atoms with Gasteiger partial charge < -0.3 is 4.74 Å². The highest BCUT2D eigenvalue weighted by Crippen LogP contribution is 2.32. The van der Waals surface area contributed by atoms with Crippen LogP contribution in [0.4, 0.5) is 0 Å². The summed E-state index contributed by atoms with van der Waals surface area (Å²) in [6, 6.07) is 19.3. The molecular weight excluding hydrogens is 398 g/mol. The van der Waals surface area contributed by atoms with Crippen molar-refractivity contribution in [3.63, 3.8) is 0 Å². The standard InChI is InChI=1S/C27H31N3O2/c1-20-25(21(2)30(28-20)24-8-5-4-6-9-24)17-19-29-18-7-10-26(29)23-14-11-22(12-15-23)13-16-27(31)32-3/h4-6,8-9,11-16,26H,7,10,17-19H2,1-3H3/b16-13+. The molecule has 0 amide bonds. The first-order valence-electron chi connectivity index (χ1n) is 11.3. The second kappa shape index (κ2) is 9.96. The molecule has 1 aliphatic heterocycles. The van der Waals surface area contributed by atoms with Crippen molar-refractivity contribution in [2.75, 3.05) is 20.2 Å². The molecule has 3 aromatic rings. The second-order valence-corrected chi connectivity index (χ2v) is 8.36. The van der Waals surface area contributed by atoms with Gasteiger partial charge in [0.2, 0.25) is 0 Å². The molecule has 5 heteroatoms. The van der Waals surface area contributed by atoms with Gasteiger partial charge >= 0.3 is 5.97 Å². The molecule has 0 radical (unpaired) electrons. The molecule has 1 aliphatic rings. The molecule has 32 heavy (non-hydrogen) atoms. The van der Waals surface area contributed by atoms with Crippen molar-refractivity contribution in [1.29, 1.82) is 0 Å². The van der Waals surface area contributed by atoms with E-state index >= 15 is 0 Å². The zero-order valence-electron chi connectivity index (χ0n) is 19.1. The van der Waals surface area contributed by atoms with E-state index in [-0.39, 0.29) is 5.97 Å². The molecule has 0 saturated carbocycles. The van der Waals surface area contributed by atoms with Crippen molar-refractivity contribution >= 4 is 12.0 Å². The minimum atomic E-state index is -0.336. The minimum absolute atomic E-state index is 0.336. The lowest BCUT2D eigenvalue weighted by Gasteiger charge is -2.25. The van der Waals surface area contributed by atoms with Gasteiger partial charge in [0.15, 0.2) is 0 Å². The van der Waals surface area contributed by atoms with E-state index in [1.165, 1.54) is 42.8 Å². The number of para-hydroxylation sites is 1. The average Bonchev–Trinajstić information content (AvgIpc) is 3.41. The Balaban J connectivity index is 1.44. The maximum absolute atomic E-state index is 11.3. The van der Waals surface area contributed by atoms with Gasteiger partial charge in [0.1, 0.15) is 0 Å². The molecule has 1 saturated heterocycles. The number of benzene rings is 2. The lowest BCUT2D eigenvalue weighted by molar-refractivity contribution is -0.134. The van der Waals surface area contributed by atoms with Crippen LogP contribution in [0.25, 0.3) is 11.8 Å². The number of hydrogen-bond acceptors (Lipinski definition) is 4. The number of carbonyl (C=O) groups is 1. The summed E-state index contributed by atoms with van der Waals surface area (Å²) in [7, 11) is 1.39. The number of hydrogen-bond donors (Lipinski definition) is 0. The number of carbonyl (C=O) groups excluding carboxylic acids is 1. The smallest absolute Gasteiger partial charge is 0.330 e. The SMILES string of the molecule is COC(=O)/C=C/c1ccc(C2CCCN2CCc2c(C)nn(-c3ccccc3)c2C)cc1. The lowest BCUT2D eigenvalue weighted by atomic mass is 10.0. The zero-order chi connectivity index (χ0) is 22.5. The maximum Gasteiger partial charge on any atom is 0.330 e. The number of methoxy groups -OCH3 is 1. The molecule has 0 N–H and O–H groups in total. The lowest BCUT2D eigenvalue weighted by Crippen LogP contribution is -2.26. The molecule has 5 nitrogen and oxygen atoms in total. The highest BCUT2D eigenvalue weighted by Gasteiger charge is 2.26. The molecule has 1 fully saturated rings. The van der Waals surface area contributed by atoms with Crippen molar-refractivity contribution in [2.45, 2.75) is 39.2 Å². The van der Waals surface area contributed by atoms with E-state index in [0.717, 1.165) is 36.5 Å². The molecule has 2 aromatic carbocycles. The van der Waals surface area contributed by atoms with Crippen LogP contribution in [0.3, 0.4) is 0 Å². The summed E-state index contributed by atoms with van der Waals surface area (Å²) in [5.74, 6) is -0.336. The first kappa shape index (κ1) is 22.0. The third-order valence-corrected chi connectivity index (χ3v) is 6.39. The predicted molar refractivity (Wildman–Crippen MR) is 128 cm³/mol. The van der Waals surface area contributed by atoms with Gasteiger partial charge in [0.25, 0.3) is 0 Å². The van der Waals surface area contributed by atoms with Crippen LogP contribution in [-0.4, -0.2) is 40.8 Å². The quantitative estimate of drug-likeness (QED) is 0.389. The largest absolute Gasteiger partial charge is 0.466 e. The van der Waals surface area contributed by atoms with Crippen LogP contribution < -0.4 is 0 Å². The van der Waals surface area contributed by atoms with E-state index in [0.29, 0.717) is 6.04 Å². The van der Waals surface area contributed by atoms with E-state index in [2.05, 4.69) is 76.7 Å². The maximum atomic E-state index is 11.3. The molecule has 1 unspecified atom stereocenters. The fraction of sp³-hybridized carbons (Fsp3) is 0.333. The molecular formula is C27H31N3O2. The Morgan fingerprint density at radius 2 is 1.88 bits per heavy atom. The van der Waals surface area contributed by atoms with Gasteiger partial charge in [-0.3, -0.25) is 4.90 Å². The van der Waals surface area contributed by atoms with Gasteiger partial charge in [-0.05, 0) is 74.6 Å². The number of aryl methyl sites for hydroxylation is 1. The first-order valence-corrected chi connectivity index (χ1v) is 11.3. The van der Waals surface area contributed by atoms with Gasteiger partial charge in [-0.15, -0.1) is 0 Å². The highest BCUT2D eigenvalue weighted by molar-refractivity contribution is 5.86. The predicted octanol–water partition coefficient (Wildman–Crippen LogP) is 5.05. The zero-order valence-corrected chi connectivity index (χ0v) is 19.1. The number of esters is 1. The van der Waals surface area contributed by atoms with Crippen molar-refractivity contribution in [1.82, 2.24) is 14.7 Å². The summed E-state index contributed by atoms with van der Waals surface area (Å²) in [6.45, 7) is 6.44. The van der Waals surface area contributed by atoms with Crippen molar-refractivity contribution < 1.29 is 9.53 Å². The van der Waals surface area contributed by atoms with E-state index < -0.39 is 0 Å². The summed E-state index contributed by atoms with van der Waals surface area (Å²) < 4.78 is 6.72. The van der Waals surface area contributed by atoms with Crippen LogP contribution in [0.15, 0.2) is 60.7 Å².